The smallest absolute Gasteiger partial charge is 0.328 e. The van der Waals surface area contributed by atoms with E-state index in [9.17, 15) is 13.2 Å². The highest BCUT2D eigenvalue weighted by Gasteiger charge is 2.22. The molecule has 2 aromatic rings. The topological polar surface area (TPSA) is 91.4 Å². The van der Waals surface area contributed by atoms with Crippen molar-refractivity contribution in [1.82, 2.24) is 15.0 Å². The average Bonchev–Trinajstić information content (AvgIpc) is 3.23. The summed E-state index contributed by atoms with van der Waals surface area (Å²) in [5.74, 6) is 0.861. The highest BCUT2D eigenvalue weighted by Crippen LogP contribution is 2.25. The zero-order valence-electron chi connectivity index (χ0n) is 15.7. The van der Waals surface area contributed by atoms with Crippen molar-refractivity contribution in [2.75, 3.05) is 18.0 Å². The van der Waals surface area contributed by atoms with Crippen LogP contribution in [-0.2, 0) is 16.6 Å². The number of amides is 2. The molecule has 27 heavy (non-hydrogen) atoms. The molecule has 1 saturated heterocycles. The SMILES string of the molecule is Cc1ccc(CNC(=O)NS(=O)(=O)c2cc(C)sc2C)c(N2CCCC2)n1. The van der Waals surface area contributed by atoms with Crippen LogP contribution >= 0.6 is 11.3 Å². The van der Waals surface area contributed by atoms with Gasteiger partial charge in [-0.05, 0) is 45.7 Å². The maximum atomic E-state index is 12.4. The van der Waals surface area contributed by atoms with E-state index >= 15 is 0 Å². The second-order valence-corrected chi connectivity index (χ2v) is 9.81. The zero-order valence-corrected chi connectivity index (χ0v) is 17.3. The van der Waals surface area contributed by atoms with Crippen molar-refractivity contribution in [2.45, 2.75) is 45.1 Å². The summed E-state index contributed by atoms with van der Waals surface area (Å²) >= 11 is 1.39. The third kappa shape index (κ3) is 4.59. The lowest BCUT2D eigenvalue weighted by Gasteiger charge is -2.20. The quantitative estimate of drug-likeness (QED) is 0.794. The number of hydrogen-bond donors (Lipinski definition) is 2. The van der Waals surface area contributed by atoms with Crippen LogP contribution in [0.25, 0.3) is 0 Å². The molecule has 0 aromatic carbocycles. The molecule has 2 aromatic heterocycles. The standard InChI is InChI=1S/C18H24N4O3S2/c1-12-6-7-15(17(20-12)22-8-4-5-9-22)11-19-18(23)21-27(24,25)16-10-13(2)26-14(16)3/h6-7,10H,4-5,8-9,11H2,1-3H3,(H2,19,21,23). The number of carbonyl (C=O) groups is 1. The highest BCUT2D eigenvalue weighted by atomic mass is 32.2. The summed E-state index contributed by atoms with van der Waals surface area (Å²) in [7, 11) is -3.88. The Labute approximate surface area is 163 Å². The Morgan fingerprint density at radius 1 is 1.22 bits per heavy atom. The van der Waals surface area contributed by atoms with E-state index in [0.29, 0.717) is 4.88 Å². The largest absolute Gasteiger partial charge is 0.356 e. The van der Waals surface area contributed by atoms with Gasteiger partial charge >= 0.3 is 6.03 Å². The minimum Gasteiger partial charge on any atom is -0.356 e. The van der Waals surface area contributed by atoms with Gasteiger partial charge in [0.15, 0.2) is 0 Å². The maximum absolute atomic E-state index is 12.4. The summed E-state index contributed by atoms with van der Waals surface area (Å²) in [6.07, 6.45) is 2.25. The Kier molecular flexibility index (Phi) is 5.71. The fourth-order valence-electron chi connectivity index (χ4n) is 3.18. The summed E-state index contributed by atoms with van der Waals surface area (Å²) in [5, 5.41) is 2.64. The first-order valence-electron chi connectivity index (χ1n) is 8.85. The molecule has 0 spiro atoms. The molecule has 0 atom stereocenters. The number of aryl methyl sites for hydroxylation is 3. The molecular weight excluding hydrogens is 384 g/mol. The highest BCUT2D eigenvalue weighted by molar-refractivity contribution is 7.90. The third-order valence-electron chi connectivity index (χ3n) is 4.45. The second kappa shape index (κ2) is 7.85. The predicted octanol–water partition coefficient (Wildman–Crippen LogP) is 2.86. The zero-order chi connectivity index (χ0) is 19.6. The van der Waals surface area contributed by atoms with Crippen molar-refractivity contribution < 1.29 is 13.2 Å². The first-order chi connectivity index (χ1) is 12.8. The molecule has 9 heteroatoms. The molecule has 0 aliphatic carbocycles. The molecule has 7 nitrogen and oxygen atoms in total. The van der Waals surface area contributed by atoms with E-state index in [-0.39, 0.29) is 11.4 Å². The van der Waals surface area contributed by atoms with Crippen LogP contribution in [0.4, 0.5) is 10.6 Å². The number of hydrogen-bond acceptors (Lipinski definition) is 6. The van der Waals surface area contributed by atoms with Crippen LogP contribution < -0.4 is 14.9 Å². The lowest BCUT2D eigenvalue weighted by Crippen LogP contribution is -2.39. The second-order valence-electron chi connectivity index (χ2n) is 6.70. The normalized spacial score (nSPS) is 14.4. The van der Waals surface area contributed by atoms with Gasteiger partial charge in [0.1, 0.15) is 10.7 Å². The van der Waals surface area contributed by atoms with Gasteiger partial charge in [0, 0.05) is 40.6 Å². The number of rotatable bonds is 5. The average molecular weight is 409 g/mol. The van der Waals surface area contributed by atoms with Gasteiger partial charge in [0.05, 0.1) is 0 Å². The summed E-state index contributed by atoms with van der Waals surface area (Å²) < 4.78 is 26.9. The summed E-state index contributed by atoms with van der Waals surface area (Å²) in [4.78, 5) is 20.7. The maximum Gasteiger partial charge on any atom is 0.328 e. The number of sulfonamides is 1. The number of nitrogens with zero attached hydrogens (tertiary/aromatic N) is 2. The van der Waals surface area contributed by atoms with Gasteiger partial charge in [0.2, 0.25) is 0 Å². The Hall–Kier alpha value is -2.13. The van der Waals surface area contributed by atoms with E-state index in [4.69, 9.17) is 0 Å². The molecule has 3 rings (SSSR count). The number of carbonyl (C=O) groups excluding carboxylic acids is 1. The lowest BCUT2D eigenvalue weighted by atomic mass is 10.2. The van der Waals surface area contributed by atoms with Crippen molar-refractivity contribution in [3.05, 3.63) is 39.2 Å². The van der Waals surface area contributed by atoms with Gasteiger partial charge in [-0.25, -0.2) is 22.9 Å². The molecule has 2 amide bonds. The van der Waals surface area contributed by atoms with Crippen molar-refractivity contribution in [3.8, 4) is 0 Å². The first kappa shape index (κ1) is 19.6. The number of pyridine rings is 1. The van der Waals surface area contributed by atoms with Crippen LogP contribution in [0.5, 0.6) is 0 Å². The third-order valence-corrected chi connectivity index (χ3v) is 7.00. The summed E-state index contributed by atoms with van der Waals surface area (Å²) in [6, 6.07) is 4.65. The first-order valence-corrected chi connectivity index (χ1v) is 11.2. The van der Waals surface area contributed by atoms with E-state index < -0.39 is 16.1 Å². The predicted molar refractivity (Wildman–Crippen MR) is 107 cm³/mol. The minimum atomic E-state index is -3.88. The molecule has 1 aliphatic heterocycles. The van der Waals surface area contributed by atoms with E-state index in [1.165, 1.54) is 11.3 Å². The molecule has 0 radical (unpaired) electrons. The monoisotopic (exact) mass is 408 g/mol. The van der Waals surface area contributed by atoms with Crippen molar-refractivity contribution in [2.24, 2.45) is 0 Å². The molecule has 0 bridgehead atoms. The molecule has 146 valence electrons. The van der Waals surface area contributed by atoms with Crippen LogP contribution in [0.1, 0.15) is 33.9 Å². The van der Waals surface area contributed by atoms with E-state index in [0.717, 1.165) is 47.9 Å². The molecule has 1 aliphatic rings. The number of aromatic nitrogens is 1. The van der Waals surface area contributed by atoms with Crippen LogP contribution in [0.2, 0.25) is 0 Å². The fourth-order valence-corrected chi connectivity index (χ4v) is 5.66. The Balaban J connectivity index is 1.68. The van der Waals surface area contributed by atoms with Gasteiger partial charge in [-0.15, -0.1) is 11.3 Å². The van der Waals surface area contributed by atoms with Gasteiger partial charge in [-0.3, -0.25) is 0 Å². The summed E-state index contributed by atoms with van der Waals surface area (Å²) in [6.45, 7) is 7.59. The van der Waals surface area contributed by atoms with E-state index in [2.05, 4.69) is 19.9 Å². The summed E-state index contributed by atoms with van der Waals surface area (Å²) in [5.41, 5.74) is 1.79. The molecule has 0 saturated carbocycles. The number of thiophene rings is 1. The van der Waals surface area contributed by atoms with Crippen LogP contribution in [0.3, 0.4) is 0 Å². The Bertz CT molecular complexity index is 948. The van der Waals surface area contributed by atoms with Crippen LogP contribution in [0, 0.1) is 20.8 Å². The number of anilines is 1. The molecule has 3 heterocycles. The van der Waals surface area contributed by atoms with Gasteiger partial charge in [0.25, 0.3) is 10.0 Å². The van der Waals surface area contributed by atoms with Gasteiger partial charge < -0.3 is 10.2 Å². The van der Waals surface area contributed by atoms with Crippen LogP contribution in [0.15, 0.2) is 23.1 Å². The molecular formula is C18H24N4O3S2. The van der Waals surface area contributed by atoms with Crippen LogP contribution in [-0.4, -0.2) is 32.5 Å². The lowest BCUT2D eigenvalue weighted by molar-refractivity contribution is 0.245. The Morgan fingerprint density at radius 3 is 2.56 bits per heavy atom. The molecule has 0 unspecified atom stereocenters. The molecule has 2 N–H and O–H groups in total. The van der Waals surface area contributed by atoms with Gasteiger partial charge in [-0.1, -0.05) is 6.07 Å². The number of urea groups is 1. The Morgan fingerprint density at radius 2 is 1.93 bits per heavy atom. The van der Waals surface area contributed by atoms with Crippen molar-refractivity contribution >= 4 is 33.2 Å². The van der Waals surface area contributed by atoms with E-state index in [1.807, 2.05) is 26.0 Å². The fraction of sp³-hybridized carbons (Fsp3) is 0.444. The van der Waals surface area contributed by atoms with Crippen molar-refractivity contribution in [3.63, 3.8) is 0 Å². The molecule has 1 fully saturated rings. The minimum absolute atomic E-state index is 0.148. The van der Waals surface area contributed by atoms with E-state index in [1.54, 1.807) is 13.0 Å². The van der Waals surface area contributed by atoms with Crippen molar-refractivity contribution in [1.29, 1.82) is 0 Å². The number of nitrogens with one attached hydrogen (secondary N) is 2. The van der Waals surface area contributed by atoms with Gasteiger partial charge in [-0.2, -0.15) is 0 Å².